The van der Waals surface area contributed by atoms with Crippen LogP contribution in [0.5, 0.6) is 0 Å². The Morgan fingerprint density at radius 2 is 1.45 bits per heavy atom. The van der Waals surface area contributed by atoms with E-state index in [1.54, 1.807) is 0 Å². The summed E-state index contributed by atoms with van der Waals surface area (Å²) in [6, 6.07) is 0. The maximum absolute atomic E-state index is 11.4. The highest BCUT2D eigenvalue weighted by atomic mass is 17.2. The number of carboxylic acid groups (broad SMARTS) is 1. The van der Waals surface area contributed by atoms with Crippen LogP contribution in [0.3, 0.4) is 0 Å². The molecule has 1 atom stereocenters. The van der Waals surface area contributed by atoms with Crippen LogP contribution >= 0.6 is 0 Å². The van der Waals surface area contributed by atoms with E-state index in [0.29, 0.717) is 19.3 Å². The topological polar surface area (TPSA) is 116 Å². The summed E-state index contributed by atoms with van der Waals surface area (Å²) in [6.45, 7) is 0. The number of ether oxygens (including phenoxy) is 1. The van der Waals surface area contributed by atoms with E-state index in [1.807, 2.05) is 0 Å². The van der Waals surface area contributed by atoms with Gasteiger partial charge in [-0.3, -0.25) is 4.79 Å². The van der Waals surface area contributed by atoms with E-state index >= 15 is 0 Å². The van der Waals surface area contributed by atoms with Gasteiger partial charge < -0.3 is 9.84 Å². The number of esters is 1. The minimum atomic E-state index is -1.41. The molecular weight excluding hydrogens is 272 g/mol. The first kappa shape index (κ1) is 15.9. The van der Waals surface area contributed by atoms with Crippen molar-refractivity contribution in [1.29, 1.82) is 0 Å². The molecule has 1 rings (SSSR count). The normalized spacial score (nSPS) is 23.0. The monoisotopic (exact) mass is 288 g/mol. The van der Waals surface area contributed by atoms with Gasteiger partial charge in [0.05, 0.1) is 12.8 Å². The molecule has 8 heteroatoms. The van der Waals surface area contributed by atoms with Crippen molar-refractivity contribution in [1.82, 2.24) is 0 Å². The highest BCUT2D eigenvalue weighted by Crippen LogP contribution is 2.11. The summed E-state index contributed by atoms with van der Waals surface area (Å²) in [5, 5.41) is 8.88. The number of carbonyl (C=O) groups excluding carboxylic acids is 3. The van der Waals surface area contributed by atoms with Crippen LogP contribution in [0.2, 0.25) is 0 Å². The lowest BCUT2D eigenvalue weighted by atomic mass is 10.1. The van der Waals surface area contributed by atoms with Gasteiger partial charge in [0.15, 0.2) is 6.10 Å². The van der Waals surface area contributed by atoms with E-state index < -0.39 is 30.0 Å². The standard InChI is InChI=1S/C12H16O8/c13-9-4-2-1-3-5-10(14)19-20-11(15)7-6-8(18-9)12(16)17/h8H,1-7H2,(H,16,17). The van der Waals surface area contributed by atoms with Crippen LogP contribution in [0.4, 0.5) is 0 Å². The third kappa shape index (κ3) is 6.17. The van der Waals surface area contributed by atoms with Crippen LogP contribution in [0, 0.1) is 0 Å². The Morgan fingerprint density at radius 1 is 0.900 bits per heavy atom. The van der Waals surface area contributed by atoms with Gasteiger partial charge in [-0.05, 0) is 12.8 Å². The molecular formula is C12H16O8. The third-order valence-corrected chi connectivity index (χ3v) is 2.65. The van der Waals surface area contributed by atoms with Crippen LogP contribution in [-0.2, 0) is 33.7 Å². The molecule has 1 aliphatic rings. The molecule has 0 bridgehead atoms. The lowest BCUT2D eigenvalue weighted by Gasteiger charge is -2.13. The lowest BCUT2D eigenvalue weighted by molar-refractivity contribution is -0.259. The smallest absolute Gasteiger partial charge is 0.355 e. The Morgan fingerprint density at radius 3 is 2.05 bits per heavy atom. The predicted molar refractivity (Wildman–Crippen MR) is 62.0 cm³/mol. The van der Waals surface area contributed by atoms with Gasteiger partial charge in [0.25, 0.3) is 0 Å². The molecule has 1 fully saturated rings. The summed E-state index contributed by atoms with van der Waals surface area (Å²) in [5.41, 5.74) is 0. The fourth-order valence-electron chi connectivity index (χ4n) is 1.59. The number of aliphatic carboxylic acids is 1. The molecule has 20 heavy (non-hydrogen) atoms. The number of carboxylic acids is 1. The maximum atomic E-state index is 11.4. The molecule has 0 aromatic carbocycles. The van der Waals surface area contributed by atoms with Gasteiger partial charge in [-0.1, -0.05) is 6.42 Å². The van der Waals surface area contributed by atoms with Crippen LogP contribution in [0.1, 0.15) is 44.9 Å². The average Bonchev–Trinajstić information content (AvgIpc) is 2.39. The number of hydrogen-bond acceptors (Lipinski definition) is 7. The summed E-state index contributed by atoms with van der Waals surface area (Å²) in [7, 11) is 0. The second-order valence-electron chi connectivity index (χ2n) is 4.33. The average molecular weight is 288 g/mol. The van der Waals surface area contributed by atoms with Gasteiger partial charge >= 0.3 is 23.9 Å². The van der Waals surface area contributed by atoms with Crippen molar-refractivity contribution in [3.63, 3.8) is 0 Å². The maximum Gasteiger partial charge on any atom is 0.355 e. The molecule has 1 aliphatic heterocycles. The molecule has 0 amide bonds. The number of cyclic esters (lactones) is 1. The van der Waals surface area contributed by atoms with Crippen molar-refractivity contribution in [2.24, 2.45) is 0 Å². The van der Waals surface area contributed by atoms with E-state index in [2.05, 4.69) is 9.78 Å². The van der Waals surface area contributed by atoms with Gasteiger partial charge in [0.1, 0.15) is 0 Å². The highest BCUT2D eigenvalue weighted by molar-refractivity contribution is 5.79. The fourth-order valence-corrected chi connectivity index (χ4v) is 1.59. The van der Waals surface area contributed by atoms with Gasteiger partial charge in [-0.15, -0.1) is 0 Å². The van der Waals surface area contributed by atoms with Crippen molar-refractivity contribution in [2.45, 2.75) is 51.0 Å². The van der Waals surface area contributed by atoms with E-state index in [9.17, 15) is 19.2 Å². The van der Waals surface area contributed by atoms with Crippen molar-refractivity contribution in [3.8, 4) is 0 Å². The zero-order chi connectivity index (χ0) is 15.0. The number of hydrogen-bond donors (Lipinski definition) is 1. The van der Waals surface area contributed by atoms with Gasteiger partial charge in [0, 0.05) is 12.8 Å². The molecule has 8 nitrogen and oxygen atoms in total. The zero-order valence-electron chi connectivity index (χ0n) is 10.8. The zero-order valence-corrected chi connectivity index (χ0v) is 10.8. The molecule has 0 saturated carbocycles. The second-order valence-corrected chi connectivity index (χ2v) is 4.33. The fraction of sp³-hybridized carbons (Fsp3) is 0.667. The Kier molecular flexibility index (Phi) is 6.48. The summed E-state index contributed by atoms with van der Waals surface area (Å²) in [6.07, 6.45) is -0.285. The predicted octanol–water partition coefficient (Wildman–Crippen LogP) is 0.728. The first-order valence-electron chi connectivity index (χ1n) is 6.31. The molecule has 1 heterocycles. The Hall–Kier alpha value is -2.12. The molecule has 0 radical (unpaired) electrons. The van der Waals surface area contributed by atoms with E-state index in [4.69, 9.17) is 9.84 Å². The highest BCUT2D eigenvalue weighted by Gasteiger charge is 2.24. The van der Waals surface area contributed by atoms with Gasteiger partial charge in [-0.25, -0.2) is 24.2 Å². The molecule has 1 unspecified atom stereocenters. The minimum Gasteiger partial charge on any atom is -0.479 e. The molecule has 0 aliphatic carbocycles. The Balaban J connectivity index is 2.60. The number of rotatable bonds is 1. The van der Waals surface area contributed by atoms with Crippen LogP contribution in [0.15, 0.2) is 0 Å². The van der Waals surface area contributed by atoms with Crippen molar-refractivity contribution >= 4 is 23.9 Å². The summed E-state index contributed by atoms with van der Waals surface area (Å²) < 4.78 is 4.77. The van der Waals surface area contributed by atoms with E-state index in [0.717, 1.165) is 0 Å². The van der Waals surface area contributed by atoms with Crippen LogP contribution in [-0.4, -0.2) is 35.1 Å². The summed E-state index contributed by atoms with van der Waals surface area (Å²) >= 11 is 0. The van der Waals surface area contributed by atoms with E-state index in [1.165, 1.54) is 0 Å². The Bertz CT molecular complexity index is 389. The third-order valence-electron chi connectivity index (χ3n) is 2.65. The van der Waals surface area contributed by atoms with Crippen molar-refractivity contribution in [2.75, 3.05) is 0 Å². The van der Waals surface area contributed by atoms with E-state index in [-0.39, 0.29) is 25.7 Å². The Labute approximate surface area is 114 Å². The second kappa shape index (κ2) is 8.13. The SMILES string of the molecule is O=C1CCCCCC(=O)OC(C(=O)O)CCC(=O)OO1. The summed E-state index contributed by atoms with van der Waals surface area (Å²) in [4.78, 5) is 53.2. The quantitative estimate of drug-likeness (QED) is 0.554. The minimum absolute atomic E-state index is 0.0727. The van der Waals surface area contributed by atoms with Crippen molar-refractivity contribution in [3.05, 3.63) is 0 Å². The molecule has 0 aromatic heterocycles. The lowest BCUT2D eigenvalue weighted by Crippen LogP contribution is -2.28. The largest absolute Gasteiger partial charge is 0.479 e. The van der Waals surface area contributed by atoms with Crippen molar-refractivity contribution < 1.29 is 38.8 Å². The molecule has 112 valence electrons. The van der Waals surface area contributed by atoms with Crippen LogP contribution < -0.4 is 0 Å². The first-order chi connectivity index (χ1) is 9.49. The summed E-state index contributed by atoms with van der Waals surface area (Å²) in [5.74, 6) is -3.54. The van der Waals surface area contributed by atoms with Crippen LogP contribution in [0.25, 0.3) is 0 Å². The molecule has 1 saturated heterocycles. The first-order valence-corrected chi connectivity index (χ1v) is 6.31. The van der Waals surface area contributed by atoms with Gasteiger partial charge in [0.2, 0.25) is 0 Å². The molecule has 1 N–H and O–H groups in total. The van der Waals surface area contributed by atoms with Gasteiger partial charge in [-0.2, -0.15) is 0 Å². The number of carbonyl (C=O) groups is 4. The molecule has 0 aromatic rings. The molecule has 0 spiro atoms.